The van der Waals surface area contributed by atoms with Crippen molar-refractivity contribution in [2.45, 2.75) is 13.1 Å². The maximum Gasteiger partial charge on any atom is 0.416 e. The maximum atomic E-state index is 12.3. The second-order valence-electron chi connectivity index (χ2n) is 2.66. The summed E-state index contributed by atoms with van der Waals surface area (Å²) in [6.45, 7) is 4.58. The molecule has 1 nitrogen and oxygen atoms in total. The van der Waals surface area contributed by atoms with E-state index in [-0.39, 0.29) is 11.3 Å². The normalized spacial score (nSPS) is 11.4. The first-order valence-corrected chi connectivity index (χ1v) is 3.59. The zero-order valence-corrected chi connectivity index (χ0v) is 7.02. The molecule has 1 rings (SSSR count). The molecule has 0 amide bonds. The van der Waals surface area contributed by atoms with Gasteiger partial charge in [-0.05, 0) is 31.3 Å². The van der Waals surface area contributed by atoms with Gasteiger partial charge in [-0.2, -0.15) is 13.2 Å². The van der Waals surface area contributed by atoms with Crippen LogP contribution in [-0.2, 0) is 6.18 Å². The quantitative estimate of drug-likeness (QED) is 0.598. The molecule has 0 saturated heterocycles. The van der Waals surface area contributed by atoms with Gasteiger partial charge >= 0.3 is 6.18 Å². The molecule has 1 aromatic rings. The predicted molar refractivity (Wildman–Crippen MR) is 45.4 cm³/mol. The Labute approximate surface area is 73.9 Å². The second kappa shape index (κ2) is 3.20. The van der Waals surface area contributed by atoms with Gasteiger partial charge in [-0.25, -0.2) is 0 Å². The molecule has 0 saturated carbocycles. The maximum absolute atomic E-state index is 12.3. The van der Waals surface area contributed by atoms with Gasteiger partial charge in [0.15, 0.2) is 0 Å². The van der Waals surface area contributed by atoms with Crippen LogP contribution in [0, 0.1) is 6.92 Å². The monoisotopic (exact) mass is 187 g/mol. The molecule has 70 valence electrons. The van der Waals surface area contributed by atoms with E-state index < -0.39 is 11.7 Å². The minimum absolute atomic E-state index is 0.194. The van der Waals surface area contributed by atoms with Crippen molar-refractivity contribution in [3.8, 4) is 0 Å². The first kappa shape index (κ1) is 9.77. The second-order valence-corrected chi connectivity index (χ2v) is 2.66. The van der Waals surface area contributed by atoms with Crippen LogP contribution in [0.25, 0.3) is 0 Å². The van der Waals surface area contributed by atoms with Crippen molar-refractivity contribution in [1.82, 2.24) is 0 Å². The molecular formula is C9H8F3N. The first-order chi connectivity index (χ1) is 5.95. The van der Waals surface area contributed by atoms with E-state index in [1.807, 2.05) is 0 Å². The van der Waals surface area contributed by atoms with E-state index >= 15 is 0 Å². The number of halogens is 3. The lowest BCUT2D eigenvalue weighted by Gasteiger charge is -2.09. The van der Waals surface area contributed by atoms with Crippen LogP contribution < -0.4 is 0 Å². The molecule has 13 heavy (non-hydrogen) atoms. The molecule has 0 heterocycles. The fourth-order valence-corrected chi connectivity index (χ4v) is 1.01. The van der Waals surface area contributed by atoms with E-state index in [1.54, 1.807) is 0 Å². The van der Waals surface area contributed by atoms with Gasteiger partial charge in [-0.3, -0.25) is 4.99 Å². The molecule has 0 N–H and O–H groups in total. The standard InChI is InChI=1S/C9H8F3N/c1-6-3-4-7(13-2)5-8(6)9(10,11)12/h3-5H,2H2,1H3. The smallest absolute Gasteiger partial charge is 0.265 e. The third-order valence-corrected chi connectivity index (χ3v) is 1.71. The van der Waals surface area contributed by atoms with Gasteiger partial charge in [0.25, 0.3) is 0 Å². The van der Waals surface area contributed by atoms with Crippen LogP contribution >= 0.6 is 0 Å². The molecule has 0 radical (unpaired) electrons. The summed E-state index contributed by atoms with van der Waals surface area (Å²) in [5.41, 5.74) is -0.227. The molecular weight excluding hydrogens is 179 g/mol. The Balaban J connectivity index is 3.27. The minimum atomic E-state index is -4.31. The summed E-state index contributed by atoms with van der Waals surface area (Å²) < 4.78 is 36.9. The Morgan fingerprint density at radius 1 is 1.31 bits per heavy atom. The zero-order chi connectivity index (χ0) is 10.1. The Morgan fingerprint density at radius 2 is 1.92 bits per heavy atom. The number of alkyl halides is 3. The summed E-state index contributed by atoms with van der Waals surface area (Å²) in [5.74, 6) is 0. The fraction of sp³-hybridized carbons (Fsp3) is 0.222. The van der Waals surface area contributed by atoms with Crippen molar-refractivity contribution in [2.24, 2.45) is 4.99 Å². The molecule has 1 aromatic carbocycles. The van der Waals surface area contributed by atoms with E-state index in [0.717, 1.165) is 6.07 Å². The van der Waals surface area contributed by atoms with Crippen LogP contribution in [0.2, 0.25) is 0 Å². The Hall–Kier alpha value is -1.32. The van der Waals surface area contributed by atoms with Crippen molar-refractivity contribution < 1.29 is 13.2 Å². The van der Waals surface area contributed by atoms with Crippen LogP contribution in [0.4, 0.5) is 18.9 Å². The largest absolute Gasteiger partial charge is 0.416 e. The molecule has 0 aromatic heterocycles. The molecule has 4 heteroatoms. The van der Waals surface area contributed by atoms with Crippen LogP contribution in [0.3, 0.4) is 0 Å². The molecule has 0 aliphatic heterocycles. The van der Waals surface area contributed by atoms with Gasteiger partial charge in [-0.1, -0.05) is 6.07 Å². The number of hydrogen-bond donors (Lipinski definition) is 0. The lowest BCUT2D eigenvalue weighted by molar-refractivity contribution is -0.138. The van der Waals surface area contributed by atoms with E-state index in [4.69, 9.17) is 0 Å². The summed E-state index contributed by atoms with van der Waals surface area (Å²) in [7, 11) is 0. The number of aryl methyl sites for hydroxylation is 1. The van der Waals surface area contributed by atoms with E-state index in [0.29, 0.717) is 0 Å². The van der Waals surface area contributed by atoms with Crippen molar-refractivity contribution in [1.29, 1.82) is 0 Å². The average molecular weight is 187 g/mol. The van der Waals surface area contributed by atoms with Gasteiger partial charge in [0, 0.05) is 0 Å². The lowest BCUT2D eigenvalue weighted by atomic mass is 10.1. The summed E-state index contributed by atoms with van der Waals surface area (Å²) in [5, 5.41) is 0. The summed E-state index contributed by atoms with van der Waals surface area (Å²) in [6.07, 6.45) is -4.31. The van der Waals surface area contributed by atoms with Crippen LogP contribution in [0.15, 0.2) is 23.2 Å². The summed E-state index contributed by atoms with van der Waals surface area (Å²) in [4.78, 5) is 3.44. The highest BCUT2D eigenvalue weighted by molar-refractivity contribution is 5.49. The molecule has 0 bridgehead atoms. The predicted octanol–water partition coefficient (Wildman–Crippen LogP) is 3.35. The van der Waals surface area contributed by atoms with Crippen LogP contribution in [-0.4, -0.2) is 6.72 Å². The van der Waals surface area contributed by atoms with Crippen molar-refractivity contribution in [3.63, 3.8) is 0 Å². The zero-order valence-electron chi connectivity index (χ0n) is 7.02. The number of hydrogen-bond acceptors (Lipinski definition) is 1. The number of aliphatic imine (C=N–C) groups is 1. The third-order valence-electron chi connectivity index (χ3n) is 1.71. The fourth-order valence-electron chi connectivity index (χ4n) is 1.01. The highest BCUT2D eigenvalue weighted by Gasteiger charge is 2.32. The van der Waals surface area contributed by atoms with Gasteiger partial charge in [0.05, 0.1) is 11.3 Å². The number of nitrogens with zero attached hydrogens (tertiary/aromatic N) is 1. The average Bonchev–Trinajstić information content (AvgIpc) is 2.03. The molecule has 0 fully saturated rings. The van der Waals surface area contributed by atoms with Crippen molar-refractivity contribution >= 4 is 12.4 Å². The summed E-state index contributed by atoms with van der Waals surface area (Å²) >= 11 is 0. The topological polar surface area (TPSA) is 12.4 Å². The van der Waals surface area contributed by atoms with Gasteiger partial charge < -0.3 is 0 Å². The van der Waals surface area contributed by atoms with E-state index in [9.17, 15) is 13.2 Å². The highest BCUT2D eigenvalue weighted by atomic mass is 19.4. The highest BCUT2D eigenvalue weighted by Crippen LogP contribution is 2.33. The Kier molecular flexibility index (Phi) is 2.40. The Morgan fingerprint density at radius 3 is 2.38 bits per heavy atom. The minimum Gasteiger partial charge on any atom is -0.265 e. The van der Waals surface area contributed by atoms with E-state index in [1.165, 1.54) is 19.1 Å². The lowest BCUT2D eigenvalue weighted by Crippen LogP contribution is -2.06. The van der Waals surface area contributed by atoms with E-state index in [2.05, 4.69) is 11.7 Å². The van der Waals surface area contributed by atoms with Gasteiger partial charge in [0.2, 0.25) is 0 Å². The third kappa shape index (κ3) is 2.08. The molecule has 0 aliphatic carbocycles. The number of rotatable bonds is 1. The molecule has 0 aliphatic rings. The Bertz CT molecular complexity index is 328. The first-order valence-electron chi connectivity index (χ1n) is 3.59. The van der Waals surface area contributed by atoms with Crippen LogP contribution in [0.1, 0.15) is 11.1 Å². The molecule has 0 spiro atoms. The molecule has 0 unspecified atom stereocenters. The van der Waals surface area contributed by atoms with Crippen LogP contribution in [0.5, 0.6) is 0 Å². The SMILES string of the molecule is C=Nc1ccc(C)c(C(F)(F)F)c1. The van der Waals surface area contributed by atoms with Gasteiger partial charge in [0.1, 0.15) is 0 Å². The van der Waals surface area contributed by atoms with Crippen molar-refractivity contribution in [2.75, 3.05) is 0 Å². The van der Waals surface area contributed by atoms with Crippen molar-refractivity contribution in [3.05, 3.63) is 29.3 Å². The number of benzene rings is 1. The molecule has 0 atom stereocenters. The van der Waals surface area contributed by atoms with Gasteiger partial charge in [-0.15, -0.1) is 0 Å². The summed E-state index contributed by atoms with van der Waals surface area (Å²) in [6, 6.07) is 3.87.